The average Bonchev–Trinajstić information content (AvgIpc) is 3.04. The van der Waals surface area contributed by atoms with Gasteiger partial charge in [0.1, 0.15) is 0 Å². The van der Waals surface area contributed by atoms with Crippen molar-refractivity contribution in [2.45, 2.75) is 12.2 Å². The summed E-state index contributed by atoms with van der Waals surface area (Å²) in [4.78, 5) is 52.2. The number of amides is 2. The zero-order valence-electron chi connectivity index (χ0n) is 16.5. The number of hydrogen-bond acceptors (Lipinski definition) is 6. The molecule has 2 atom stereocenters. The summed E-state index contributed by atoms with van der Waals surface area (Å²) >= 11 is 5.89. The first kappa shape index (κ1) is 21.3. The molecule has 1 aliphatic rings. The molecule has 8 heteroatoms. The van der Waals surface area contributed by atoms with Gasteiger partial charge in [-0.2, -0.15) is 0 Å². The Morgan fingerprint density at radius 2 is 1.06 bits per heavy atom. The van der Waals surface area contributed by atoms with Crippen LogP contribution in [-0.2, 0) is 19.1 Å². The number of rotatable bonds is 5. The zero-order chi connectivity index (χ0) is 22.7. The summed E-state index contributed by atoms with van der Waals surface area (Å²) in [5, 5.41) is 0.409. The van der Waals surface area contributed by atoms with E-state index in [0.29, 0.717) is 5.02 Å². The summed E-state index contributed by atoms with van der Waals surface area (Å²) in [7, 11) is 0. The van der Waals surface area contributed by atoms with Crippen LogP contribution in [0.3, 0.4) is 0 Å². The molecule has 0 aromatic heterocycles. The first-order chi connectivity index (χ1) is 15.5. The number of hydrogen-bond donors (Lipinski definition) is 0. The van der Waals surface area contributed by atoms with E-state index in [2.05, 4.69) is 0 Å². The lowest BCUT2D eigenvalue weighted by molar-refractivity contribution is -0.130. The SMILES string of the molecule is O=C(O[C@H]1C(=O)N(c2ccc(Cl)cc2)C(=O)[C@@H]1OC(=O)c1ccccc1)c1ccccc1. The molecule has 7 nitrogen and oxygen atoms in total. The fraction of sp³-hybridized carbons (Fsp3) is 0.0833. The molecular formula is C24H16ClNO6. The normalized spacial score (nSPS) is 17.8. The van der Waals surface area contributed by atoms with Crippen molar-refractivity contribution in [1.29, 1.82) is 0 Å². The van der Waals surface area contributed by atoms with Crippen molar-refractivity contribution in [3.8, 4) is 0 Å². The molecule has 1 fully saturated rings. The maximum absolute atomic E-state index is 13.1. The maximum atomic E-state index is 13.1. The quantitative estimate of drug-likeness (QED) is 0.436. The molecule has 1 heterocycles. The van der Waals surface area contributed by atoms with Gasteiger partial charge < -0.3 is 9.47 Å². The van der Waals surface area contributed by atoms with Crippen molar-refractivity contribution in [3.05, 3.63) is 101 Å². The molecule has 0 spiro atoms. The smallest absolute Gasteiger partial charge is 0.339 e. The fourth-order valence-electron chi connectivity index (χ4n) is 3.21. The predicted octanol–water partition coefficient (Wildman–Crippen LogP) is 3.66. The Hall–Kier alpha value is -3.97. The lowest BCUT2D eigenvalue weighted by Gasteiger charge is -2.16. The standard InChI is InChI=1S/C24H16ClNO6/c25-17-11-13-18(14-12-17)26-21(27)19(31-23(29)15-7-3-1-4-8-15)20(22(26)28)32-24(30)16-9-5-2-6-10-16/h1-14,19-20H/t19-,20-/m1/s1. The molecular weight excluding hydrogens is 434 g/mol. The van der Waals surface area contributed by atoms with Crippen molar-refractivity contribution < 1.29 is 28.7 Å². The summed E-state index contributed by atoms with van der Waals surface area (Å²) in [5.74, 6) is -3.30. The van der Waals surface area contributed by atoms with Crippen molar-refractivity contribution in [1.82, 2.24) is 0 Å². The predicted molar refractivity (Wildman–Crippen MR) is 115 cm³/mol. The number of imide groups is 1. The molecule has 32 heavy (non-hydrogen) atoms. The van der Waals surface area contributed by atoms with Gasteiger partial charge in [0.25, 0.3) is 11.8 Å². The third-order valence-electron chi connectivity index (χ3n) is 4.77. The fourth-order valence-corrected chi connectivity index (χ4v) is 3.33. The molecule has 1 saturated heterocycles. The number of esters is 2. The van der Waals surface area contributed by atoms with Crippen LogP contribution in [0.2, 0.25) is 5.02 Å². The summed E-state index contributed by atoms with van der Waals surface area (Å²) in [6, 6.07) is 21.9. The summed E-state index contributed by atoms with van der Waals surface area (Å²) in [6.45, 7) is 0. The van der Waals surface area contributed by atoms with E-state index in [-0.39, 0.29) is 16.8 Å². The van der Waals surface area contributed by atoms with Crippen LogP contribution in [-0.4, -0.2) is 36.0 Å². The van der Waals surface area contributed by atoms with Gasteiger partial charge in [-0.25, -0.2) is 14.5 Å². The van der Waals surface area contributed by atoms with Gasteiger partial charge in [-0.3, -0.25) is 9.59 Å². The van der Waals surface area contributed by atoms with E-state index < -0.39 is 36.0 Å². The van der Waals surface area contributed by atoms with Crippen LogP contribution in [0.15, 0.2) is 84.9 Å². The van der Waals surface area contributed by atoms with Crippen LogP contribution in [0, 0.1) is 0 Å². The molecule has 160 valence electrons. The second kappa shape index (κ2) is 9.03. The highest BCUT2D eigenvalue weighted by Crippen LogP contribution is 2.29. The monoisotopic (exact) mass is 449 g/mol. The number of nitrogens with zero attached hydrogens (tertiary/aromatic N) is 1. The molecule has 3 aromatic carbocycles. The number of halogens is 1. The molecule has 1 aliphatic heterocycles. The lowest BCUT2D eigenvalue weighted by atomic mass is 10.2. The van der Waals surface area contributed by atoms with Crippen LogP contribution in [0.4, 0.5) is 5.69 Å². The van der Waals surface area contributed by atoms with Gasteiger partial charge in [0, 0.05) is 5.02 Å². The highest BCUT2D eigenvalue weighted by Gasteiger charge is 2.53. The zero-order valence-corrected chi connectivity index (χ0v) is 17.3. The largest absolute Gasteiger partial charge is 0.444 e. The molecule has 2 amide bonds. The maximum Gasteiger partial charge on any atom is 0.339 e. The molecule has 3 aromatic rings. The number of carbonyl (C=O) groups excluding carboxylic acids is 4. The summed E-state index contributed by atoms with van der Waals surface area (Å²) < 4.78 is 10.7. The number of benzene rings is 3. The third kappa shape index (κ3) is 4.24. The van der Waals surface area contributed by atoms with Gasteiger partial charge in [-0.1, -0.05) is 48.0 Å². The molecule has 0 unspecified atom stereocenters. The number of ether oxygens (including phenoxy) is 2. The van der Waals surface area contributed by atoms with Gasteiger partial charge in [-0.15, -0.1) is 0 Å². The first-order valence-electron chi connectivity index (χ1n) is 9.61. The molecule has 4 rings (SSSR count). The van der Waals surface area contributed by atoms with Gasteiger partial charge in [0.05, 0.1) is 16.8 Å². The lowest BCUT2D eigenvalue weighted by Crippen LogP contribution is -2.37. The third-order valence-corrected chi connectivity index (χ3v) is 5.03. The van der Waals surface area contributed by atoms with E-state index >= 15 is 0 Å². The highest BCUT2D eigenvalue weighted by atomic mass is 35.5. The average molecular weight is 450 g/mol. The summed E-state index contributed by atoms with van der Waals surface area (Å²) in [6.07, 6.45) is -3.28. The molecule has 0 saturated carbocycles. The summed E-state index contributed by atoms with van der Waals surface area (Å²) in [5.41, 5.74) is 0.583. The second-order valence-electron chi connectivity index (χ2n) is 6.87. The Labute approximate surface area is 188 Å². The number of anilines is 1. The first-order valence-corrected chi connectivity index (χ1v) is 9.99. The van der Waals surface area contributed by atoms with Crippen molar-refractivity contribution in [2.24, 2.45) is 0 Å². The van der Waals surface area contributed by atoms with E-state index in [1.807, 2.05) is 0 Å². The Bertz CT molecular complexity index is 1090. The minimum Gasteiger partial charge on any atom is -0.444 e. The minimum absolute atomic E-state index is 0.186. The minimum atomic E-state index is -1.64. The van der Waals surface area contributed by atoms with Crippen molar-refractivity contribution in [3.63, 3.8) is 0 Å². The van der Waals surface area contributed by atoms with Gasteiger partial charge in [0.2, 0.25) is 12.2 Å². The van der Waals surface area contributed by atoms with E-state index in [4.69, 9.17) is 21.1 Å². The molecule has 0 N–H and O–H groups in total. The van der Waals surface area contributed by atoms with Crippen molar-refractivity contribution >= 4 is 41.0 Å². The topological polar surface area (TPSA) is 90.0 Å². The highest BCUT2D eigenvalue weighted by molar-refractivity contribution is 6.31. The van der Waals surface area contributed by atoms with E-state index in [1.54, 1.807) is 36.4 Å². The molecule has 0 radical (unpaired) electrons. The molecule has 0 bridgehead atoms. The van der Waals surface area contributed by atoms with Crippen LogP contribution >= 0.6 is 11.6 Å². The van der Waals surface area contributed by atoms with Crippen LogP contribution in [0.5, 0.6) is 0 Å². The Balaban J connectivity index is 1.65. The van der Waals surface area contributed by atoms with Crippen LogP contribution < -0.4 is 4.90 Å². The van der Waals surface area contributed by atoms with Gasteiger partial charge >= 0.3 is 11.9 Å². The Kier molecular flexibility index (Phi) is 6.00. The van der Waals surface area contributed by atoms with Crippen molar-refractivity contribution in [2.75, 3.05) is 4.90 Å². The Morgan fingerprint density at radius 1 is 0.656 bits per heavy atom. The second-order valence-corrected chi connectivity index (χ2v) is 7.31. The van der Waals surface area contributed by atoms with Crippen LogP contribution in [0.25, 0.3) is 0 Å². The van der Waals surface area contributed by atoms with E-state index in [1.165, 1.54) is 48.5 Å². The van der Waals surface area contributed by atoms with E-state index in [9.17, 15) is 19.2 Å². The Morgan fingerprint density at radius 3 is 1.47 bits per heavy atom. The van der Waals surface area contributed by atoms with Gasteiger partial charge in [0.15, 0.2) is 0 Å². The van der Waals surface area contributed by atoms with Gasteiger partial charge in [-0.05, 0) is 48.5 Å². The molecule has 0 aliphatic carbocycles. The van der Waals surface area contributed by atoms with E-state index in [0.717, 1.165) is 4.90 Å². The number of carbonyl (C=O) groups is 4. The van der Waals surface area contributed by atoms with Crippen LogP contribution in [0.1, 0.15) is 20.7 Å².